The number of amides is 1. The van der Waals surface area contributed by atoms with Crippen molar-refractivity contribution in [2.45, 2.75) is 31.9 Å². The molecule has 7 heteroatoms. The van der Waals surface area contributed by atoms with Crippen LogP contribution in [0.3, 0.4) is 0 Å². The van der Waals surface area contributed by atoms with Gasteiger partial charge in [0.05, 0.1) is 22.1 Å². The van der Waals surface area contributed by atoms with Crippen molar-refractivity contribution in [2.75, 3.05) is 6.61 Å². The molecule has 1 aromatic carbocycles. The van der Waals surface area contributed by atoms with Crippen molar-refractivity contribution >= 4 is 11.6 Å². The second-order valence-electron chi connectivity index (χ2n) is 5.06. The smallest absolute Gasteiger partial charge is 0.270 e. The Morgan fingerprint density at radius 3 is 2.85 bits per heavy atom. The predicted octanol–water partition coefficient (Wildman–Crippen LogP) is 2.03. The third-order valence-electron chi connectivity index (χ3n) is 3.69. The van der Waals surface area contributed by atoms with E-state index >= 15 is 0 Å². The number of nitrogens with zero attached hydrogens (tertiary/aromatic N) is 1. The van der Waals surface area contributed by atoms with Crippen molar-refractivity contribution < 1.29 is 18.8 Å². The molecular weight excluding hydrogens is 267 g/mol. The Labute approximate surface area is 115 Å². The molecule has 1 saturated heterocycles. The summed E-state index contributed by atoms with van der Waals surface area (Å²) in [6, 6.07) is 2.88. The molecule has 1 fully saturated rings. The molecular formula is C13H15FN2O4. The van der Waals surface area contributed by atoms with Crippen molar-refractivity contribution in [3.05, 3.63) is 39.7 Å². The standard InChI is InChI=1S/C13H15FN2O4/c1-8-13(2,5-6-20-8)15-12(17)10-7-9(16(18)19)3-4-11(10)14/h3-4,7-8H,5-6H2,1-2H3,(H,15,17). The van der Waals surface area contributed by atoms with E-state index < -0.39 is 22.2 Å². The SMILES string of the molecule is CC1OCCC1(C)NC(=O)c1cc([N+](=O)[O-])ccc1F. The van der Waals surface area contributed by atoms with Crippen LogP contribution in [0.1, 0.15) is 30.6 Å². The zero-order chi connectivity index (χ0) is 14.9. The average molecular weight is 282 g/mol. The number of nitrogens with one attached hydrogen (secondary N) is 1. The Hall–Kier alpha value is -2.02. The summed E-state index contributed by atoms with van der Waals surface area (Å²) >= 11 is 0. The molecule has 2 rings (SSSR count). The first-order valence-corrected chi connectivity index (χ1v) is 6.21. The van der Waals surface area contributed by atoms with Crippen LogP contribution < -0.4 is 5.32 Å². The molecule has 20 heavy (non-hydrogen) atoms. The summed E-state index contributed by atoms with van der Waals surface area (Å²) in [5, 5.41) is 13.4. The Kier molecular flexibility index (Phi) is 3.71. The van der Waals surface area contributed by atoms with Gasteiger partial charge in [0, 0.05) is 18.7 Å². The molecule has 0 spiro atoms. The van der Waals surface area contributed by atoms with E-state index in [0.717, 1.165) is 18.2 Å². The number of halogens is 1. The third-order valence-corrected chi connectivity index (χ3v) is 3.69. The van der Waals surface area contributed by atoms with Crippen molar-refractivity contribution in [2.24, 2.45) is 0 Å². The fourth-order valence-corrected chi connectivity index (χ4v) is 2.13. The molecule has 0 saturated carbocycles. The second kappa shape index (κ2) is 5.16. The number of ether oxygens (including phenoxy) is 1. The number of rotatable bonds is 3. The van der Waals surface area contributed by atoms with Crippen molar-refractivity contribution in [1.82, 2.24) is 5.32 Å². The maximum atomic E-state index is 13.7. The minimum absolute atomic E-state index is 0.201. The Balaban J connectivity index is 2.25. The molecule has 1 aliphatic heterocycles. The molecule has 2 unspecified atom stereocenters. The highest BCUT2D eigenvalue weighted by Crippen LogP contribution is 2.26. The first-order chi connectivity index (χ1) is 9.33. The molecule has 1 amide bonds. The molecule has 0 radical (unpaired) electrons. The topological polar surface area (TPSA) is 81.5 Å². The Morgan fingerprint density at radius 1 is 1.60 bits per heavy atom. The van der Waals surface area contributed by atoms with E-state index in [1.807, 2.05) is 6.92 Å². The monoisotopic (exact) mass is 282 g/mol. The number of carbonyl (C=O) groups excluding carboxylic acids is 1. The number of non-ortho nitro benzene ring substituents is 1. The largest absolute Gasteiger partial charge is 0.376 e. The van der Waals surface area contributed by atoms with Crippen LogP contribution in [0.2, 0.25) is 0 Å². The molecule has 0 bridgehead atoms. The first kappa shape index (κ1) is 14.4. The van der Waals surface area contributed by atoms with Gasteiger partial charge >= 0.3 is 0 Å². The summed E-state index contributed by atoms with van der Waals surface area (Å²) in [5.74, 6) is -1.46. The third kappa shape index (κ3) is 2.62. The van der Waals surface area contributed by atoms with Crippen LogP contribution in [0.5, 0.6) is 0 Å². The van der Waals surface area contributed by atoms with Crippen molar-refractivity contribution in [3.8, 4) is 0 Å². The molecule has 1 heterocycles. The van der Waals surface area contributed by atoms with Gasteiger partial charge in [-0.1, -0.05) is 0 Å². The molecule has 0 aliphatic carbocycles. The van der Waals surface area contributed by atoms with E-state index in [4.69, 9.17) is 4.74 Å². The van der Waals surface area contributed by atoms with Gasteiger partial charge in [0.2, 0.25) is 0 Å². The van der Waals surface area contributed by atoms with Crippen molar-refractivity contribution in [1.29, 1.82) is 0 Å². The molecule has 1 aliphatic rings. The molecule has 0 aromatic heterocycles. The zero-order valence-corrected chi connectivity index (χ0v) is 11.2. The van der Waals surface area contributed by atoms with Crippen LogP contribution in [0.25, 0.3) is 0 Å². The van der Waals surface area contributed by atoms with E-state index in [2.05, 4.69) is 5.32 Å². The van der Waals surface area contributed by atoms with Gasteiger partial charge in [-0.15, -0.1) is 0 Å². The van der Waals surface area contributed by atoms with Crippen LogP contribution >= 0.6 is 0 Å². The first-order valence-electron chi connectivity index (χ1n) is 6.21. The summed E-state index contributed by atoms with van der Waals surface area (Å²) in [4.78, 5) is 22.1. The lowest BCUT2D eigenvalue weighted by molar-refractivity contribution is -0.384. The summed E-state index contributed by atoms with van der Waals surface area (Å²) in [6.45, 7) is 4.13. The zero-order valence-electron chi connectivity index (χ0n) is 11.2. The molecule has 108 valence electrons. The van der Waals surface area contributed by atoms with Gasteiger partial charge in [-0.2, -0.15) is 0 Å². The summed E-state index contributed by atoms with van der Waals surface area (Å²) in [7, 11) is 0. The summed E-state index contributed by atoms with van der Waals surface area (Å²) in [6.07, 6.45) is 0.407. The lowest BCUT2D eigenvalue weighted by atomic mass is 9.94. The molecule has 2 atom stereocenters. The van der Waals surface area contributed by atoms with Crippen LogP contribution in [0.4, 0.5) is 10.1 Å². The minimum atomic E-state index is -0.789. The maximum absolute atomic E-state index is 13.7. The van der Waals surface area contributed by atoms with Crippen LogP contribution in [-0.4, -0.2) is 29.1 Å². The fourth-order valence-electron chi connectivity index (χ4n) is 2.13. The molecule has 6 nitrogen and oxygen atoms in total. The van der Waals surface area contributed by atoms with Gasteiger partial charge in [0.25, 0.3) is 11.6 Å². The number of hydrogen-bond donors (Lipinski definition) is 1. The van der Waals surface area contributed by atoms with Gasteiger partial charge in [0.15, 0.2) is 0 Å². The number of nitro groups is 1. The lowest BCUT2D eigenvalue weighted by Gasteiger charge is -2.28. The summed E-state index contributed by atoms with van der Waals surface area (Å²) in [5.41, 5.74) is -1.26. The van der Waals surface area contributed by atoms with E-state index in [1.165, 1.54) is 0 Å². The highest BCUT2D eigenvalue weighted by molar-refractivity contribution is 5.95. The molecule has 1 N–H and O–H groups in total. The minimum Gasteiger partial charge on any atom is -0.376 e. The van der Waals surface area contributed by atoms with Crippen molar-refractivity contribution in [3.63, 3.8) is 0 Å². The number of benzene rings is 1. The highest BCUT2D eigenvalue weighted by atomic mass is 19.1. The van der Waals surface area contributed by atoms with E-state index in [9.17, 15) is 19.3 Å². The second-order valence-corrected chi connectivity index (χ2v) is 5.06. The van der Waals surface area contributed by atoms with E-state index in [1.54, 1.807) is 6.92 Å². The van der Waals surface area contributed by atoms with Crippen LogP contribution in [0, 0.1) is 15.9 Å². The van der Waals surface area contributed by atoms with E-state index in [-0.39, 0.29) is 17.4 Å². The Bertz CT molecular complexity index is 563. The Morgan fingerprint density at radius 2 is 2.30 bits per heavy atom. The van der Waals surface area contributed by atoms with Crippen LogP contribution in [0.15, 0.2) is 18.2 Å². The number of hydrogen-bond acceptors (Lipinski definition) is 4. The van der Waals surface area contributed by atoms with Gasteiger partial charge in [-0.05, 0) is 26.3 Å². The maximum Gasteiger partial charge on any atom is 0.270 e. The fraction of sp³-hybridized carbons (Fsp3) is 0.462. The van der Waals surface area contributed by atoms with Gasteiger partial charge in [0.1, 0.15) is 5.82 Å². The van der Waals surface area contributed by atoms with Crippen LogP contribution in [-0.2, 0) is 4.74 Å². The average Bonchev–Trinajstić information content (AvgIpc) is 2.69. The number of carbonyl (C=O) groups is 1. The van der Waals surface area contributed by atoms with Gasteiger partial charge in [-0.3, -0.25) is 14.9 Å². The van der Waals surface area contributed by atoms with E-state index in [0.29, 0.717) is 13.0 Å². The van der Waals surface area contributed by atoms with Gasteiger partial charge in [-0.25, -0.2) is 4.39 Å². The summed E-state index contributed by atoms with van der Waals surface area (Å²) < 4.78 is 19.0. The lowest BCUT2D eigenvalue weighted by Crippen LogP contribution is -2.50. The normalized spacial score (nSPS) is 25.4. The number of nitro benzene ring substituents is 1. The quantitative estimate of drug-likeness (QED) is 0.679. The molecule has 1 aromatic rings. The predicted molar refractivity (Wildman–Crippen MR) is 69.0 cm³/mol. The van der Waals surface area contributed by atoms with Gasteiger partial charge < -0.3 is 10.1 Å². The highest BCUT2D eigenvalue weighted by Gasteiger charge is 2.38.